The van der Waals surface area contributed by atoms with Crippen molar-refractivity contribution in [3.05, 3.63) is 35.5 Å². The number of carbonyl (C=O) groups excluding carboxylic acids is 1. The Hall–Kier alpha value is -2.15. The fourth-order valence-corrected chi connectivity index (χ4v) is 3.52. The minimum Gasteiger partial charge on any atom is -0.353 e. The number of aromatic nitrogens is 4. The zero-order valence-corrected chi connectivity index (χ0v) is 14.1. The normalized spacial score (nSPS) is 20.8. The third-order valence-electron chi connectivity index (χ3n) is 4.78. The molecule has 0 bridgehead atoms. The lowest BCUT2D eigenvalue weighted by molar-refractivity contribution is -0.137. The van der Waals surface area contributed by atoms with Gasteiger partial charge in [-0.05, 0) is 18.6 Å². The molecule has 2 aromatic rings. The van der Waals surface area contributed by atoms with Crippen LogP contribution in [0.1, 0.15) is 12.2 Å². The molecule has 4 rings (SSSR count). The molecule has 0 spiro atoms. The van der Waals surface area contributed by atoms with E-state index in [-0.39, 0.29) is 11.8 Å². The zero-order chi connectivity index (χ0) is 16.5. The van der Waals surface area contributed by atoms with E-state index in [0.717, 1.165) is 50.7 Å². The van der Waals surface area contributed by atoms with E-state index in [1.807, 2.05) is 21.7 Å². The van der Waals surface area contributed by atoms with Gasteiger partial charge in [-0.1, -0.05) is 11.6 Å². The van der Waals surface area contributed by atoms with Crippen molar-refractivity contribution in [1.29, 1.82) is 0 Å². The molecular weight excluding hydrogens is 328 g/mol. The predicted octanol–water partition coefficient (Wildman–Crippen LogP) is 1.24. The topological polar surface area (TPSA) is 67.2 Å². The molecule has 126 valence electrons. The summed E-state index contributed by atoms with van der Waals surface area (Å²) in [5.74, 6) is 2.15. The number of halogens is 1. The minimum absolute atomic E-state index is 0.0133. The molecule has 2 aliphatic rings. The maximum atomic E-state index is 12.8. The second kappa shape index (κ2) is 6.39. The highest BCUT2D eigenvalue weighted by Gasteiger charge is 2.31. The molecule has 1 fully saturated rings. The number of hydrogen-bond acceptors (Lipinski definition) is 5. The highest BCUT2D eigenvalue weighted by atomic mass is 35.5. The number of hydrogen-bond donors (Lipinski definition) is 0. The lowest BCUT2D eigenvalue weighted by Crippen LogP contribution is -2.51. The van der Waals surface area contributed by atoms with Crippen LogP contribution in [0.25, 0.3) is 0 Å². The number of carbonyl (C=O) groups is 1. The summed E-state index contributed by atoms with van der Waals surface area (Å²) < 4.78 is 1.86. The Kier molecular flexibility index (Phi) is 4.10. The van der Waals surface area contributed by atoms with Crippen molar-refractivity contribution in [3.8, 4) is 0 Å². The first-order valence-electron chi connectivity index (χ1n) is 8.22. The standard InChI is InChI=1S/C16H19ClN6O/c17-13-2-4-14(18-9-13)21-5-7-22(8-6-21)16(24)12-1-3-15-19-11-20-23(15)10-12/h2,4,9,11-12H,1,3,5-8,10H2. The fraction of sp³-hybridized carbons (Fsp3) is 0.500. The van der Waals surface area contributed by atoms with Crippen molar-refractivity contribution in [2.24, 2.45) is 5.92 Å². The summed E-state index contributed by atoms with van der Waals surface area (Å²) in [5, 5.41) is 4.84. The van der Waals surface area contributed by atoms with Crippen molar-refractivity contribution in [1.82, 2.24) is 24.6 Å². The van der Waals surface area contributed by atoms with Gasteiger partial charge in [-0.2, -0.15) is 5.10 Å². The average molecular weight is 347 g/mol. The molecule has 0 aliphatic carbocycles. The number of rotatable bonds is 2. The van der Waals surface area contributed by atoms with E-state index >= 15 is 0 Å². The van der Waals surface area contributed by atoms with Crippen molar-refractivity contribution in [2.45, 2.75) is 19.4 Å². The first-order valence-corrected chi connectivity index (χ1v) is 8.60. The van der Waals surface area contributed by atoms with E-state index in [4.69, 9.17) is 11.6 Å². The van der Waals surface area contributed by atoms with Crippen molar-refractivity contribution >= 4 is 23.3 Å². The third-order valence-corrected chi connectivity index (χ3v) is 5.01. The lowest BCUT2D eigenvalue weighted by Gasteiger charge is -2.37. The molecule has 2 aromatic heterocycles. The van der Waals surface area contributed by atoms with Gasteiger partial charge in [0.1, 0.15) is 18.0 Å². The molecular formula is C16H19ClN6O. The molecule has 0 saturated carbocycles. The number of piperazine rings is 1. The summed E-state index contributed by atoms with van der Waals surface area (Å²) in [6.45, 7) is 3.68. The number of anilines is 1. The minimum atomic E-state index is 0.0133. The van der Waals surface area contributed by atoms with Gasteiger partial charge in [0, 0.05) is 38.8 Å². The van der Waals surface area contributed by atoms with Crippen LogP contribution < -0.4 is 4.90 Å². The lowest BCUT2D eigenvalue weighted by atomic mass is 9.98. The Morgan fingerprint density at radius 1 is 1.17 bits per heavy atom. The van der Waals surface area contributed by atoms with E-state index in [0.29, 0.717) is 11.6 Å². The predicted molar refractivity (Wildman–Crippen MR) is 89.9 cm³/mol. The maximum absolute atomic E-state index is 12.8. The molecule has 1 atom stereocenters. The number of amides is 1. The summed E-state index contributed by atoms with van der Waals surface area (Å²) >= 11 is 5.88. The van der Waals surface area contributed by atoms with Gasteiger partial charge in [0.15, 0.2) is 0 Å². The Labute approximate surface area is 145 Å². The maximum Gasteiger partial charge on any atom is 0.227 e. The first kappa shape index (κ1) is 15.4. The van der Waals surface area contributed by atoms with Gasteiger partial charge in [-0.25, -0.2) is 14.6 Å². The molecule has 8 heteroatoms. The van der Waals surface area contributed by atoms with Gasteiger partial charge < -0.3 is 9.80 Å². The fourth-order valence-electron chi connectivity index (χ4n) is 3.41. The van der Waals surface area contributed by atoms with Crippen LogP contribution in [-0.2, 0) is 17.8 Å². The van der Waals surface area contributed by atoms with Gasteiger partial charge in [-0.3, -0.25) is 4.79 Å². The molecule has 1 amide bonds. The van der Waals surface area contributed by atoms with E-state index in [1.54, 1.807) is 12.5 Å². The molecule has 1 saturated heterocycles. The number of fused-ring (bicyclic) bond motifs is 1. The highest BCUT2D eigenvalue weighted by molar-refractivity contribution is 6.30. The Morgan fingerprint density at radius 2 is 2.00 bits per heavy atom. The van der Waals surface area contributed by atoms with Crippen molar-refractivity contribution < 1.29 is 4.79 Å². The Morgan fingerprint density at radius 3 is 2.75 bits per heavy atom. The van der Waals surface area contributed by atoms with Crippen LogP contribution in [-0.4, -0.2) is 56.7 Å². The number of pyridine rings is 1. The van der Waals surface area contributed by atoms with Gasteiger partial charge in [-0.15, -0.1) is 0 Å². The largest absolute Gasteiger partial charge is 0.353 e. The summed E-state index contributed by atoms with van der Waals surface area (Å²) in [7, 11) is 0. The number of nitrogens with zero attached hydrogens (tertiary/aromatic N) is 6. The van der Waals surface area contributed by atoms with Crippen LogP contribution in [0.2, 0.25) is 5.02 Å². The van der Waals surface area contributed by atoms with Gasteiger partial charge >= 0.3 is 0 Å². The van der Waals surface area contributed by atoms with E-state index in [9.17, 15) is 4.79 Å². The van der Waals surface area contributed by atoms with Crippen molar-refractivity contribution in [2.75, 3.05) is 31.1 Å². The van der Waals surface area contributed by atoms with Gasteiger partial charge in [0.05, 0.1) is 17.5 Å². The average Bonchev–Trinajstić information content (AvgIpc) is 3.09. The second-order valence-corrected chi connectivity index (χ2v) is 6.68. The monoisotopic (exact) mass is 346 g/mol. The first-order chi connectivity index (χ1) is 11.7. The molecule has 0 radical (unpaired) electrons. The van der Waals surface area contributed by atoms with Crippen molar-refractivity contribution in [3.63, 3.8) is 0 Å². The zero-order valence-electron chi connectivity index (χ0n) is 13.3. The van der Waals surface area contributed by atoms with E-state index < -0.39 is 0 Å². The van der Waals surface area contributed by atoms with Crippen LogP contribution in [0.5, 0.6) is 0 Å². The SMILES string of the molecule is O=C(C1CCc2ncnn2C1)N1CCN(c2ccc(Cl)cn2)CC1. The Bertz CT molecular complexity index is 722. The highest BCUT2D eigenvalue weighted by Crippen LogP contribution is 2.22. The van der Waals surface area contributed by atoms with E-state index in [1.165, 1.54) is 0 Å². The summed E-state index contributed by atoms with van der Waals surface area (Å²) in [6.07, 6.45) is 4.91. The second-order valence-electron chi connectivity index (χ2n) is 6.24. The van der Waals surface area contributed by atoms with E-state index in [2.05, 4.69) is 20.0 Å². The van der Waals surface area contributed by atoms with Crippen LogP contribution in [0.3, 0.4) is 0 Å². The third kappa shape index (κ3) is 2.96. The molecule has 24 heavy (non-hydrogen) atoms. The van der Waals surface area contributed by atoms with Gasteiger partial charge in [0.25, 0.3) is 0 Å². The van der Waals surface area contributed by atoms with Crippen LogP contribution in [0.15, 0.2) is 24.7 Å². The smallest absolute Gasteiger partial charge is 0.227 e. The molecule has 0 aromatic carbocycles. The van der Waals surface area contributed by atoms with Crippen LogP contribution in [0.4, 0.5) is 5.82 Å². The van der Waals surface area contributed by atoms with Crippen LogP contribution >= 0.6 is 11.6 Å². The van der Waals surface area contributed by atoms with Gasteiger partial charge in [0.2, 0.25) is 5.91 Å². The molecule has 0 N–H and O–H groups in total. The Balaban J connectivity index is 1.36. The van der Waals surface area contributed by atoms with Crippen LogP contribution in [0, 0.1) is 5.92 Å². The summed E-state index contributed by atoms with van der Waals surface area (Å²) in [6, 6.07) is 3.77. The molecule has 7 nitrogen and oxygen atoms in total. The molecule has 2 aliphatic heterocycles. The number of aryl methyl sites for hydroxylation is 1. The quantitative estimate of drug-likeness (QED) is 0.818. The summed E-state index contributed by atoms with van der Waals surface area (Å²) in [4.78, 5) is 25.5. The molecule has 4 heterocycles. The summed E-state index contributed by atoms with van der Waals surface area (Å²) in [5.41, 5.74) is 0. The molecule has 1 unspecified atom stereocenters.